The molecule has 4 N–H and O–H groups in total. The lowest BCUT2D eigenvalue weighted by molar-refractivity contribution is -0.274. The zero-order valence-corrected chi connectivity index (χ0v) is 29.9. The minimum atomic E-state index is -5.08. The molecule has 0 bridgehead atoms. The highest BCUT2D eigenvalue weighted by atomic mass is 35.5. The number of carbonyl (C=O) groups is 3. The van der Waals surface area contributed by atoms with E-state index in [4.69, 9.17) is 10.5 Å². The van der Waals surface area contributed by atoms with E-state index in [0.29, 0.717) is 24.0 Å². The van der Waals surface area contributed by atoms with Gasteiger partial charge < -0.3 is 35.3 Å². The number of hydrogen-bond donors (Lipinski definition) is 3. The molecular weight excluding hydrogens is 701 g/mol. The first kappa shape index (κ1) is 41.5. The van der Waals surface area contributed by atoms with Crippen molar-refractivity contribution in [2.75, 3.05) is 26.8 Å². The summed E-state index contributed by atoms with van der Waals surface area (Å²) in [5.41, 5.74) is 6.60. The summed E-state index contributed by atoms with van der Waals surface area (Å²) in [5.74, 6) is -4.05. The molecule has 2 atom stereocenters. The summed E-state index contributed by atoms with van der Waals surface area (Å²) >= 11 is 0. The molecule has 3 amide bonds. The van der Waals surface area contributed by atoms with Gasteiger partial charge in [-0.05, 0) is 59.9 Å². The van der Waals surface area contributed by atoms with Gasteiger partial charge in [-0.15, -0.1) is 25.6 Å². The Morgan fingerprint density at radius 3 is 2.22 bits per heavy atom. The van der Waals surface area contributed by atoms with Gasteiger partial charge in [0.25, 0.3) is 5.91 Å². The Balaban J connectivity index is 0.00000702. The predicted octanol–water partition coefficient (Wildman–Crippen LogP) is 5.65. The first-order chi connectivity index (χ1) is 23.5. The van der Waals surface area contributed by atoms with Gasteiger partial charge in [-0.1, -0.05) is 39.8 Å². The number of nitrogens with two attached hydrogens (primary N) is 1. The Morgan fingerprint density at radius 2 is 1.63 bits per heavy atom. The molecule has 1 aliphatic heterocycles. The first-order valence-corrected chi connectivity index (χ1v) is 16.5. The number of likely N-dealkylation sites (tertiary alicyclic amines) is 1. The van der Waals surface area contributed by atoms with Crippen molar-refractivity contribution in [1.29, 1.82) is 0 Å². The summed E-state index contributed by atoms with van der Waals surface area (Å²) in [7, 11) is 1.42. The second-order valence-electron chi connectivity index (χ2n) is 13.2. The Hall–Kier alpha value is -3.95. The highest BCUT2D eigenvalue weighted by Gasteiger charge is 2.35. The van der Waals surface area contributed by atoms with Gasteiger partial charge in [0.15, 0.2) is 0 Å². The maximum atomic E-state index is 15.1. The van der Waals surface area contributed by atoms with Gasteiger partial charge in [-0.2, -0.15) is 0 Å². The third-order valence-electron chi connectivity index (χ3n) is 8.94. The summed E-state index contributed by atoms with van der Waals surface area (Å²) < 4.78 is 80.5. The second-order valence-corrected chi connectivity index (χ2v) is 13.2. The van der Waals surface area contributed by atoms with Gasteiger partial charge in [0.2, 0.25) is 11.8 Å². The van der Waals surface area contributed by atoms with Crippen LogP contribution in [0.4, 0.5) is 22.0 Å². The quantitative estimate of drug-likeness (QED) is 0.194. The van der Waals surface area contributed by atoms with Crippen LogP contribution >= 0.6 is 12.4 Å². The second kappa shape index (κ2) is 17.5. The molecule has 1 saturated heterocycles. The number of nitrogens with zero attached hydrogens (tertiary/aromatic N) is 2. The van der Waals surface area contributed by atoms with Crippen LogP contribution < -0.4 is 21.1 Å². The fourth-order valence-electron chi connectivity index (χ4n) is 6.08. The number of carbonyl (C=O) groups excluding carboxylic acids is 3. The van der Waals surface area contributed by atoms with Crippen LogP contribution in [0.15, 0.2) is 36.5 Å². The molecule has 51 heavy (non-hydrogen) atoms. The average Bonchev–Trinajstić information content (AvgIpc) is 3.46. The number of fused-ring (bicyclic) bond motifs is 1. The molecule has 1 aromatic heterocycles. The first-order valence-electron chi connectivity index (χ1n) is 16.5. The van der Waals surface area contributed by atoms with Crippen molar-refractivity contribution in [1.82, 2.24) is 20.1 Å². The standard InChI is InChI=1S/C35H44F5N5O5.ClH/c1-19(2)29(41)32(46)43-30(20(3)4)33(47)42-17-21-6-7-25(36)23(16-21)22-10-12-44(13-11-22)34(48)24-18-45(14-15-49-5)31-26(37)8-9-27(28(24)31)50-35(38,39)40;/h6-9,16,18-20,22,29-30H,10-15,17,41H2,1-5H3,(H,42,47)(H,43,46);1H/t29?,30-;/m0./s1. The number of hydrogen-bond acceptors (Lipinski definition) is 6. The van der Waals surface area contributed by atoms with E-state index in [1.54, 1.807) is 26.0 Å². The van der Waals surface area contributed by atoms with Gasteiger partial charge in [0, 0.05) is 39.5 Å². The van der Waals surface area contributed by atoms with Gasteiger partial charge in [0.05, 0.1) is 29.1 Å². The monoisotopic (exact) mass is 745 g/mol. The minimum Gasteiger partial charge on any atom is -0.405 e. The fraction of sp³-hybridized carbons (Fsp3) is 0.514. The number of halogens is 6. The number of nitrogens with one attached hydrogen (secondary N) is 2. The summed E-state index contributed by atoms with van der Waals surface area (Å²) in [6.45, 7) is 7.79. The lowest BCUT2D eigenvalue weighted by Crippen LogP contribution is -2.54. The van der Waals surface area contributed by atoms with E-state index in [2.05, 4.69) is 15.4 Å². The molecule has 0 saturated carbocycles. The largest absolute Gasteiger partial charge is 0.573 e. The average molecular weight is 746 g/mol. The normalized spacial score (nSPS) is 15.1. The van der Waals surface area contributed by atoms with Crippen LogP contribution in [-0.4, -0.2) is 72.4 Å². The molecule has 0 radical (unpaired) electrons. The Morgan fingerprint density at radius 1 is 0.980 bits per heavy atom. The van der Waals surface area contributed by atoms with Crippen molar-refractivity contribution in [3.8, 4) is 5.75 Å². The third kappa shape index (κ3) is 10.1. The molecule has 2 aromatic carbocycles. The molecule has 4 rings (SSSR count). The van der Waals surface area contributed by atoms with Crippen LogP contribution in [0, 0.1) is 23.5 Å². The fourth-order valence-corrected chi connectivity index (χ4v) is 6.08. The van der Waals surface area contributed by atoms with Crippen molar-refractivity contribution in [2.45, 2.75) is 78.0 Å². The van der Waals surface area contributed by atoms with Crippen LogP contribution in [0.5, 0.6) is 5.75 Å². The topological polar surface area (TPSA) is 128 Å². The molecular formula is C35H45ClF5N5O5. The number of aromatic nitrogens is 1. The number of methoxy groups -OCH3 is 1. The molecule has 3 aromatic rings. The summed E-state index contributed by atoms with van der Waals surface area (Å²) in [5, 5.41) is 5.23. The smallest absolute Gasteiger partial charge is 0.405 e. The number of benzene rings is 2. The van der Waals surface area contributed by atoms with Crippen molar-refractivity contribution >= 4 is 41.0 Å². The summed E-state index contributed by atoms with van der Waals surface area (Å²) in [4.78, 5) is 40.7. The number of amides is 3. The molecule has 1 aliphatic rings. The Bertz CT molecular complexity index is 1690. The van der Waals surface area contributed by atoms with Crippen LogP contribution in [-0.2, 0) is 27.4 Å². The van der Waals surface area contributed by atoms with Crippen LogP contribution in [0.1, 0.15) is 67.9 Å². The van der Waals surface area contributed by atoms with E-state index in [0.717, 1.165) is 12.1 Å². The molecule has 16 heteroatoms. The van der Waals surface area contributed by atoms with E-state index in [1.807, 2.05) is 13.8 Å². The molecule has 282 valence electrons. The number of piperidine rings is 1. The van der Waals surface area contributed by atoms with Gasteiger partial charge in [-0.25, -0.2) is 8.78 Å². The lowest BCUT2D eigenvalue weighted by Gasteiger charge is -2.32. The van der Waals surface area contributed by atoms with E-state index in [1.165, 1.54) is 28.8 Å². The molecule has 1 unspecified atom stereocenters. The lowest BCUT2D eigenvalue weighted by atomic mass is 9.88. The molecule has 1 fully saturated rings. The third-order valence-corrected chi connectivity index (χ3v) is 8.94. The number of alkyl halides is 3. The van der Waals surface area contributed by atoms with Gasteiger partial charge >= 0.3 is 6.36 Å². The van der Waals surface area contributed by atoms with Crippen molar-refractivity contribution in [3.63, 3.8) is 0 Å². The maximum Gasteiger partial charge on any atom is 0.573 e. The van der Waals surface area contributed by atoms with Gasteiger partial charge in [0.1, 0.15) is 23.4 Å². The van der Waals surface area contributed by atoms with Crippen LogP contribution in [0.2, 0.25) is 0 Å². The zero-order chi connectivity index (χ0) is 36.9. The SMILES string of the molecule is COCCn1cc(C(=O)N2CCC(c3cc(CNC(=O)[C@@H](NC(=O)C(N)C(C)C)C(C)C)ccc3F)CC2)c2c(OC(F)(F)F)ccc(F)c21.Cl. The number of rotatable bonds is 13. The van der Waals surface area contributed by atoms with Crippen molar-refractivity contribution in [2.24, 2.45) is 17.6 Å². The van der Waals surface area contributed by atoms with Crippen LogP contribution in [0.3, 0.4) is 0 Å². The number of ether oxygens (including phenoxy) is 2. The summed E-state index contributed by atoms with van der Waals surface area (Å²) in [6.07, 6.45) is -3.08. The minimum absolute atomic E-state index is 0. The highest BCUT2D eigenvalue weighted by molar-refractivity contribution is 6.09. The Kier molecular flexibility index (Phi) is 14.2. The summed E-state index contributed by atoms with van der Waals surface area (Å²) in [6, 6.07) is 4.62. The zero-order valence-electron chi connectivity index (χ0n) is 29.1. The predicted molar refractivity (Wildman–Crippen MR) is 183 cm³/mol. The van der Waals surface area contributed by atoms with Crippen molar-refractivity contribution in [3.05, 3.63) is 64.9 Å². The molecule has 0 spiro atoms. The molecule has 2 heterocycles. The van der Waals surface area contributed by atoms with Crippen molar-refractivity contribution < 1.29 is 45.8 Å². The molecule has 0 aliphatic carbocycles. The highest BCUT2D eigenvalue weighted by Crippen LogP contribution is 2.38. The van der Waals surface area contributed by atoms with Gasteiger partial charge in [-0.3, -0.25) is 14.4 Å². The van der Waals surface area contributed by atoms with E-state index < -0.39 is 53.6 Å². The van der Waals surface area contributed by atoms with Crippen LogP contribution in [0.25, 0.3) is 10.9 Å². The Labute approximate surface area is 299 Å². The molecule has 10 nitrogen and oxygen atoms in total. The van der Waals surface area contributed by atoms with E-state index in [9.17, 15) is 31.9 Å². The van der Waals surface area contributed by atoms with E-state index >= 15 is 4.39 Å². The van der Waals surface area contributed by atoms with E-state index in [-0.39, 0.29) is 79.4 Å². The maximum absolute atomic E-state index is 15.1.